The highest BCUT2D eigenvalue weighted by Crippen LogP contribution is 2.30. The highest BCUT2D eigenvalue weighted by Gasteiger charge is 2.31. The Morgan fingerprint density at radius 2 is 1.92 bits per heavy atom. The van der Waals surface area contributed by atoms with Gasteiger partial charge in [0, 0.05) is 38.8 Å². The van der Waals surface area contributed by atoms with Gasteiger partial charge in [-0.3, -0.25) is 4.79 Å². The van der Waals surface area contributed by atoms with Crippen molar-refractivity contribution in [2.24, 2.45) is 0 Å². The summed E-state index contributed by atoms with van der Waals surface area (Å²) < 4.78 is 32.7. The Morgan fingerprint density at radius 3 is 2.46 bits per heavy atom. The van der Waals surface area contributed by atoms with E-state index < -0.39 is 10.0 Å². The Hall–Kier alpha value is -1.64. The van der Waals surface area contributed by atoms with E-state index in [9.17, 15) is 13.2 Å². The second kappa shape index (κ2) is 7.96. The largest absolute Gasteiger partial charge is 0.495 e. The second-order valence-corrected chi connectivity index (χ2v) is 7.70. The van der Waals surface area contributed by atoms with Gasteiger partial charge >= 0.3 is 0 Å². The molecule has 1 aromatic rings. The number of hydrogen-bond donors (Lipinski definition) is 1. The van der Waals surface area contributed by atoms with Gasteiger partial charge in [-0.1, -0.05) is 6.92 Å². The van der Waals surface area contributed by atoms with Crippen LogP contribution in [-0.4, -0.2) is 63.4 Å². The van der Waals surface area contributed by atoms with Crippen molar-refractivity contribution in [1.82, 2.24) is 9.21 Å². The minimum absolute atomic E-state index is 0.0835. The number of sulfonamides is 1. The smallest absolute Gasteiger partial charge is 0.246 e. The summed E-state index contributed by atoms with van der Waals surface area (Å²) in [4.78, 5) is 13.6. The van der Waals surface area contributed by atoms with Crippen LogP contribution in [0.2, 0.25) is 0 Å². The lowest BCUT2D eigenvalue weighted by Crippen LogP contribution is -2.48. The molecule has 0 atom stereocenters. The fourth-order valence-corrected chi connectivity index (χ4v) is 4.41. The number of ether oxygens (including phenoxy) is 1. The standard InChI is InChI=1S/C16H25N3O4S/c1-4-7-18-8-10-19(11-9-18)24(21,22)16-12-14(17-13(2)20)5-6-15(16)23-3/h5-6,12H,4,7-11H2,1-3H3,(H,17,20). The highest BCUT2D eigenvalue weighted by atomic mass is 32.2. The van der Waals surface area contributed by atoms with Crippen molar-refractivity contribution in [2.75, 3.05) is 45.2 Å². The van der Waals surface area contributed by atoms with E-state index in [1.54, 1.807) is 12.1 Å². The van der Waals surface area contributed by atoms with E-state index in [2.05, 4.69) is 17.1 Å². The SMILES string of the molecule is CCCN1CCN(S(=O)(=O)c2cc(NC(C)=O)ccc2OC)CC1. The maximum absolute atomic E-state index is 13.0. The van der Waals surface area contributed by atoms with E-state index in [-0.39, 0.29) is 16.6 Å². The van der Waals surface area contributed by atoms with Gasteiger partial charge in [-0.25, -0.2) is 8.42 Å². The molecule has 8 heteroatoms. The number of hydrogen-bond acceptors (Lipinski definition) is 5. The molecule has 134 valence electrons. The van der Waals surface area contributed by atoms with Gasteiger partial charge in [0.2, 0.25) is 15.9 Å². The zero-order valence-corrected chi connectivity index (χ0v) is 15.2. The molecule has 1 fully saturated rings. The Kier molecular flexibility index (Phi) is 6.20. The van der Waals surface area contributed by atoms with Gasteiger partial charge in [0.15, 0.2) is 0 Å². The number of nitrogens with zero attached hydrogens (tertiary/aromatic N) is 2. The molecular weight excluding hydrogens is 330 g/mol. The molecule has 0 bridgehead atoms. The summed E-state index contributed by atoms with van der Waals surface area (Å²) in [6, 6.07) is 4.64. The van der Waals surface area contributed by atoms with Crippen molar-refractivity contribution < 1.29 is 17.9 Å². The van der Waals surface area contributed by atoms with Crippen LogP contribution in [0.3, 0.4) is 0 Å². The molecule has 1 heterocycles. The first-order chi connectivity index (χ1) is 11.4. The molecule has 7 nitrogen and oxygen atoms in total. The normalized spacial score (nSPS) is 16.8. The zero-order chi connectivity index (χ0) is 17.7. The molecule has 1 aromatic carbocycles. The summed E-state index contributed by atoms with van der Waals surface area (Å²) in [7, 11) is -2.23. The van der Waals surface area contributed by atoms with Gasteiger partial charge in [0.05, 0.1) is 7.11 Å². The van der Waals surface area contributed by atoms with Crippen LogP contribution in [0.1, 0.15) is 20.3 Å². The first kappa shape index (κ1) is 18.7. The Balaban J connectivity index is 2.26. The molecule has 1 aliphatic rings. The van der Waals surface area contributed by atoms with Crippen LogP contribution < -0.4 is 10.1 Å². The molecule has 1 saturated heterocycles. The summed E-state index contributed by atoms with van der Waals surface area (Å²) in [5.74, 6) is 0.0248. The quantitative estimate of drug-likeness (QED) is 0.834. The number of nitrogens with one attached hydrogen (secondary N) is 1. The second-order valence-electron chi connectivity index (χ2n) is 5.79. The van der Waals surface area contributed by atoms with E-state index in [0.717, 1.165) is 26.1 Å². The zero-order valence-electron chi connectivity index (χ0n) is 14.4. The summed E-state index contributed by atoms with van der Waals surface area (Å²) in [5, 5.41) is 2.61. The molecule has 24 heavy (non-hydrogen) atoms. The minimum atomic E-state index is -3.67. The average molecular weight is 355 g/mol. The number of rotatable bonds is 6. The van der Waals surface area contributed by atoms with Crippen molar-refractivity contribution in [3.05, 3.63) is 18.2 Å². The van der Waals surface area contributed by atoms with E-state index >= 15 is 0 Å². The number of anilines is 1. The van der Waals surface area contributed by atoms with Gasteiger partial charge < -0.3 is 15.0 Å². The van der Waals surface area contributed by atoms with Crippen molar-refractivity contribution >= 4 is 21.6 Å². The number of carbonyl (C=O) groups is 1. The molecular formula is C16H25N3O4S. The van der Waals surface area contributed by atoms with Crippen molar-refractivity contribution in [3.8, 4) is 5.75 Å². The summed E-state index contributed by atoms with van der Waals surface area (Å²) >= 11 is 0. The van der Waals surface area contributed by atoms with E-state index in [1.807, 2.05) is 0 Å². The maximum Gasteiger partial charge on any atom is 0.246 e. The summed E-state index contributed by atoms with van der Waals surface area (Å²) in [6.07, 6.45) is 1.05. The van der Waals surface area contributed by atoms with E-state index in [1.165, 1.54) is 24.4 Å². The van der Waals surface area contributed by atoms with Gasteiger partial charge in [0.25, 0.3) is 0 Å². The molecule has 1 N–H and O–H groups in total. The van der Waals surface area contributed by atoms with Crippen LogP contribution in [0, 0.1) is 0 Å². The number of carbonyl (C=O) groups excluding carboxylic acids is 1. The first-order valence-electron chi connectivity index (χ1n) is 8.06. The van der Waals surface area contributed by atoms with Crippen molar-refractivity contribution in [1.29, 1.82) is 0 Å². The molecule has 0 unspecified atom stereocenters. The Labute approximate surface area is 143 Å². The van der Waals surface area contributed by atoms with Gasteiger partial charge in [0.1, 0.15) is 10.6 Å². The summed E-state index contributed by atoms with van der Waals surface area (Å²) in [6.45, 7) is 6.83. The fraction of sp³-hybridized carbons (Fsp3) is 0.562. The Morgan fingerprint density at radius 1 is 1.25 bits per heavy atom. The van der Waals surface area contributed by atoms with Crippen LogP contribution in [-0.2, 0) is 14.8 Å². The predicted octanol–water partition coefficient (Wildman–Crippen LogP) is 1.37. The van der Waals surface area contributed by atoms with Crippen LogP contribution in [0.4, 0.5) is 5.69 Å². The third kappa shape index (κ3) is 4.25. The van der Waals surface area contributed by atoms with Gasteiger partial charge in [-0.15, -0.1) is 0 Å². The molecule has 0 saturated carbocycles. The Bertz CT molecular complexity index is 683. The molecule has 0 aromatic heterocycles. The van der Waals surface area contributed by atoms with Crippen LogP contribution in [0.5, 0.6) is 5.75 Å². The lowest BCUT2D eigenvalue weighted by atomic mass is 10.3. The molecule has 0 aliphatic carbocycles. The van der Waals surface area contributed by atoms with Crippen LogP contribution in [0.15, 0.2) is 23.1 Å². The molecule has 0 radical (unpaired) electrons. The third-order valence-electron chi connectivity index (χ3n) is 3.97. The van der Waals surface area contributed by atoms with Gasteiger partial charge in [-0.05, 0) is 31.2 Å². The number of benzene rings is 1. The van der Waals surface area contributed by atoms with E-state index in [0.29, 0.717) is 18.8 Å². The van der Waals surface area contributed by atoms with Crippen molar-refractivity contribution in [2.45, 2.75) is 25.2 Å². The maximum atomic E-state index is 13.0. The number of methoxy groups -OCH3 is 1. The first-order valence-corrected chi connectivity index (χ1v) is 9.50. The van der Waals surface area contributed by atoms with E-state index in [4.69, 9.17) is 4.74 Å². The monoisotopic (exact) mass is 355 g/mol. The lowest BCUT2D eigenvalue weighted by molar-refractivity contribution is -0.114. The molecule has 1 amide bonds. The summed E-state index contributed by atoms with van der Waals surface area (Å²) in [5.41, 5.74) is 0.437. The lowest BCUT2D eigenvalue weighted by Gasteiger charge is -2.34. The predicted molar refractivity (Wildman–Crippen MR) is 92.8 cm³/mol. The minimum Gasteiger partial charge on any atom is -0.495 e. The molecule has 1 aliphatic heterocycles. The van der Waals surface area contributed by atoms with Gasteiger partial charge in [-0.2, -0.15) is 4.31 Å². The number of piperazine rings is 1. The third-order valence-corrected chi connectivity index (χ3v) is 5.89. The topological polar surface area (TPSA) is 79.0 Å². The molecule has 0 spiro atoms. The number of amides is 1. The fourth-order valence-electron chi connectivity index (χ4n) is 2.81. The van der Waals surface area contributed by atoms with Crippen LogP contribution in [0.25, 0.3) is 0 Å². The average Bonchev–Trinajstić information content (AvgIpc) is 2.55. The molecule has 2 rings (SSSR count). The van der Waals surface area contributed by atoms with Crippen LogP contribution >= 0.6 is 0 Å². The van der Waals surface area contributed by atoms with Crippen molar-refractivity contribution in [3.63, 3.8) is 0 Å². The highest BCUT2D eigenvalue weighted by molar-refractivity contribution is 7.89.